The second kappa shape index (κ2) is 10.7. The highest BCUT2D eigenvalue weighted by atomic mass is 16.5. The van der Waals surface area contributed by atoms with Gasteiger partial charge in [0.15, 0.2) is 0 Å². The van der Waals surface area contributed by atoms with Crippen molar-refractivity contribution >= 4 is 17.5 Å². The Kier molecular flexibility index (Phi) is 7.27. The van der Waals surface area contributed by atoms with Gasteiger partial charge in [0.25, 0.3) is 11.8 Å². The summed E-state index contributed by atoms with van der Waals surface area (Å²) in [4.78, 5) is 27.2. The fourth-order valence-corrected chi connectivity index (χ4v) is 3.64. The van der Waals surface area contributed by atoms with Crippen LogP contribution in [0.15, 0.2) is 78.9 Å². The molecule has 0 bridgehead atoms. The van der Waals surface area contributed by atoms with E-state index in [9.17, 15) is 9.59 Å². The van der Waals surface area contributed by atoms with E-state index < -0.39 is 0 Å². The molecular weight excluding hydrogens is 402 g/mol. The van der Waals surface area contributed by atoms with Gasteiger partial charge in [-0.25, -0.2) is 0 Å². The quantitative estimate of drug-likeness (QED) is 0.601. The van der Waals surface area contributed by atoms with Crippen molar-refractivity contribution in [1.29, 1.82) is 0 Å². The Morgan fingerprint density at radius 2 is 1.47 bits per heavy atom. The van der Waals surface area contributed by atoms with Crippen LogP contribution in [0.1, 0.15) is 31.8 Å². The Labute approximate surface area is 188 Å². The number of nitrogens with one attached hydrogen (secondary N) is 2. The minimum absolute atomic E-state index is 0.149. The normalized spacial score (nSPS) is 14.0. The topological polar surface area (TPSA) is 70.7 Å². The molecule has 0 radical (unpaired) electrons. The standard InChI is InChI=1S/C26H27N3O3/c30-25(23-9-11-24(12-10-23)28-26(31)22-7-2-1-3-8-22)27-18-20-5-4-6-21(17-20)19-29-13-15-32-16-14-29/h1-12,17H,13-16,18-19H2,(H,27,30)(H,28,31). The van der Waals surface area contributed by atoms with E-state index >= 15 is 0 Å². The minimum Gasteiger partial charge on any atom is -0.379 e. The van der Waals surface area contributed by atoms with Crippen LogP contribution in [0.2, 0.25) is 0 Å². The molecule has 164 valence electrons. The van der Waals surface area contributed by atoms with Crippen LogP contribution in [-0.4, -0.2) is 43.0 Å². The highest BCUT2D eigenvalue weighted by molar-refractivity contribution is 6.04. The number of carbonyl (C=O) groups excluding carboxylic acids is 2. The molecule has 0 atom stereocenters. The van der Waals surface area contributed by atoms with Gasteiger partial charge < -0.3 is 15.4 Å². The number of nitrogens with zero attached hydrogens (tertiary/aromatic N) is 1. The van der Waals surface area contributed by atoms with E-state index in [1.807, 2.05) is 30.3 Å². The summed E-state index contributed by atoms with van der Waals surface area (Å²) in [5.41, 5.74) is 4.08. The van der Waals surface area contributed by atoms with Crippen molar-refractivity contribution in [2.45, 2.75) is 13.1 Å². The Morgan fingerprint density at radius 3 is 2.22 bits per heavy atom. The lowest BCUT2D eigenvalue weighted by Gasteiger charge is -2.26. The Morgan fingerprint density at radius 1 is 0.781 bits per heavy atom. The molecule has 0 aliphatic carbocycles. The first kappa shape index (κ1) is 21.7. The number of carbonyl (C=O) groups is 2. The lowest BCUT2D eigenvalue weighted by Crippen LogP contribution is -2.35. The van der Waals surface area contributed by atoms with Gasteiger partial charge in [0.2, 0.25) is 0 Å². The average Bonchev–Trinajstić information content (AvgIpc) is 2.84. The fraction of sp³-hybridized carbons (Fsp3) is 0.231. The molecule has 0 spiro atoms. The first-order chi connectivity index (χ1) is 15.7. The highest BCUT2D eigenvalue weighted by Crippen LogP contribution is 2.13. The second-order valence-corrected chi connectivity index (χ2v) is 7.79. The molecule has 1 saturated heterocycles. The zero-order valence-electron chi connectivity index (χ0n) is 17.9. The number of anilines is 1. The van der Waals surface area contributed by atoms with Crippen LogP contribution >= 0.6 is 0 Å². The number of amides is 2. The smallest absolute Gasteiger partial charge is 0.255 e. The van der Waals surface area contributed by atoms with Crippen molar-refractivity contribution in [2.24, 2.45) is 0 Å². The van der Waals surface area contributed by atoms with E-state index in [0.717, 1.165) is 38.4 Å². The molecule has 6 nitrogen and oxygen atoms in total. The third kappa shape index (κ3) is 6.03. The lowest BCUT2D eigenvalue weighted by molar-refractivity contribution is 0.0342. The molecule has 0 aromatic heterocycles. The SMILES string of the molecule is O=C(NCc1cccc(CN2CCOCC2)c1)c1ccc(NC(=O)c2ccccc2)cc1. The summed E-state index contributed by atoms with van der Waals surface area (Å²) in [5.74, 6) is -0.329. The number of rotatable bonds is 7. The number of hydrogen-bond acceptors (Lipinski definition) is 4. The van der Waals surface area contributed by atoms with Crippen LogP contribution in [0.5, 0.6) is 0 Å². The van der Waals surface area contributed by atoms with E-state index in [4.69, 9.17) is 4.74 Å². The number of benzene rings is 3. The molecule has 2 amide bonds. The molecule has 32 heavy (non-hydrogen) atoms. The van der Waals surface area contributed by atoms with E-state index in [-0.39, 0.29) is 11.8 Å². The lowest BCUT2D eigenvalue weighted by atomic mass is 10.1. The van der Waals surface area contributed by atoms with Crippen LogP contribution in [0, 0.1) is 0 Å². The zero-order chi connectivity index (χ0) is 22.2. The molecule has 1 aliphatic heterocycles. The van der Waals surface area contributed by atoms with Crippen LogP contribution < -0.4 is 10.6 Å². The van der Waals surface area contributed by atoms with Crippen molar-refractivity contribution in [1.82, 2.24) is 10.2 Å². The number of ether oxygens (including phenoxy) is 1. The second-order valence-electron chi connectivity index (χ2n) is 7.79. The summed E-state index contributed by atoms with van der Waals surface area (Å²) in [7, 11) is 0. The van der Waals surface area contributed by atoms with Gasteiger partial charge in [0, 0.05) is 43.0 Å². The molecule has 3 aromatic carbocycles. The first-order valence-corrected chi connectivity index (χ1v) is 10.8. The zero-order valence-corrected chi connectivity index (χ0v) is 17.9. The predicted octanol–water partition coefficient (Wildman–Crippen LogP) is 3.70. The van der Waals surface area contributed by atoms with Crippen molar-refractivity contribution < 1.29 is 14.3 Å². The van der Waals surface area contributed by atoms with Crippen LogP contribution in [0.4, 0.5) is 5.69 Å². The molecule has 1 aliphatic rings. The first-order valence-electron chi connectivity index (χ1n) is 10.8. The summed E-state index contributed by atoms with van der Waals surface area (Å²) >= 11 is 0. The predicted molar refractivity (Wildman–Crippen MR) is 125 cm³/mol. The molecule has 0 unspecified atom stereocenters. The summed E-state index contributed by atoms with van der Waals surface area (Å²) in [5, 5.41) is 5.81. The van der Waals surface area contributed by atoms with Crippen molar-refractivity contribution in [3.63, 3.8) is 0 Å². The molecule has 6 heteroatoms. The molecule has 1 heterocycles. The third-order valence-corrected chi connectivity index (χ3v) is 5.40. The van der Waals surface area contributed by atoms with Crippen LogP contribution in [0.25, 0.3) is 0 Å². The van der Waals surface area contributed by atoms with Gasteiger partial charge in [0.1, 0.15) is 0 Å². The molecule has 0 saturated carbocycles. The van der Waals surface area contributed by atoms with Crippen molar-refractivity contribution in [3.05, 3.63) is 101 Å². The molecule has 3 aromatic rings. The van der Waals surface area contributed by atoms with Gasteiger partial charge in [-0.05, 0) is 47.5 Å². The van der Waals surface area contributed by atoms with Crippen LogP contribution in [0.3, 0.4) is 0 Å². The molecular formula is C26H27N3O3. The average molecular weight is 430 g/mol. The summed E-state index contributed by atoms with van der Waals surface area (Å²) < 4.78 is 5.40. The Bertz CT molecular complexity index is 1050. The summed E-state index contributed by atoms with van der Waals surface area (Å²) in [6.07, 6.45) is 0. The Balaban J connectivity index is 1.29. The van der Waals surface area contributed by atoms with Gasteiger partial charge in [-0.2, -0.15) is 0 Å². The number of morpholine rings is 1. The van der Waals surface area contributed by atoms with Gasteiger partial charge in [0.05, 0.1) is 13.2 Å². The van der Waals surface area contributed by atoms with Gasteiger partial charge in [-0.3, -0.25) is 14.5 Å². The van der Waals surface area contributed by atoms with Crippen molar-refractivity contribution in [3.8, 4) is 0 Å². The minimum atomic E-state index is -0.181. The van der Waals surface area contributed by atoms with E-state index in [2.05, 4.69) is 27.7 Å². The van der Waals surface area contributed by atoms with Gasteiger partial charge in [-0.15, -0.1) is 0 Å². The van der Waals surface area contributed by atoms with Gasteiger partial charge in [-0.1, -0.05) is 42.5 Å². The molecule has 1 fully saturated rings. The maximum atomic E-state index is 12.6. The maximum Gasteiger partial charge on any atom is 0.255 e. The summed E-state index contributed by atoms with van der Waals surface area (Å²) in [6.45, 7) is 4.81. The molecule has 2 N–H and O–H groups in total. The molecule has 4 rings (SSSR count). The summed E-state index contributed by atoms with van der Waals surface area (Å²) in [6, 6.07) is 24.2. The van der Waals surface area contributed by atoms with E-state index in [0.29, 0.717) is 23.4 Å². The van der Waals surface area contributed by atoms with E-state index in [1.165, 1.54) is 5.56 Å². The van der Waals surface area contributed by atoms with E-state index in [1.54, 1.807) is 36.4 Å². The van der Waals surface area contributed by atoms with Crippen molar-refractivity contribution in [2.75, 3.05) is 31.6 Å². The largest absolute Gasteiger partial charge is 0.379 e. The monoisotopic (exact) mass is 429 g/mol. The fourth-order valence-electron chi connectivity index (χ4n) is 3.64. The number of hydrogen-bond donors (Lipinski definition) is 2. The Hall–Kier alpha value is -3.48. The van der Waals surface area contributed by atoms with Gasteiger partial charge >= 0.3 is 0 Å². The third-order valence-electron chi connectivity index (χ3n) is 5.40. The maximum absolute atomic E-state index is 12.6. The van der Waals surface area contributed by atoms with Crippen LogP contribution in [-0.2, 0) is 17.8 Å². The highest BCUT2D eigenvalue weighted by Gasteiger charge is 2.11.